The number of hydrogen-bond donors (Lipinski definition) is 1. The van der Waals surface area contributed by atoms with E-state index in [4.69, 9.17) is 0 Å². The van der Waals surface area contributed by atoms with E-state index in [-0.39, 0.29) is 0 Å². The molecule has 1 aliphatic carbocycles. The molecule has 2 unspecified atom stereocenters. The van der Waals surface area contributed by atoms with Crippen molar-refractivity contribution >= 4 is 0 Å². The van der Waals surface area contributed by atoms with Crippen molar-refractivity contribution < 1.29 is 0 Å². The van der Waals surface area contributed by atoms with Crippen molar-refractivity contribution in [3.8, 4) is 0 Å². The summed E-state index contributed by atoms with van der Waals surface area (Å²) in [4.78, 5) is 0. The predicted molar refractivity (Wildman–Crippen MR) is 81.8 cm³/mol. The van der Waals surface area contributed by atoms with Gasteiger partial charge in [-0.15, -0.1) is 0 Å². The van der Waals surface area contributed by atoms with Crippen molar-refractivity contribution in [1.29, 1.82) is 0 Å². The first-order valence-electron chi connectivity index (χ1n) is 7.65. The third-order valence-electron chi connectivity index (χ3n) is 4.28. The fourth-order valence-electron chi connectivity index (χ4n) is 3.16. The molecule has 3 nitrogen and oxygen atoms in total. The minimum atomic E-state index is 0.433. The highest BCUT2D eigenvalue weighted by atomic mass is 15.3. The first kappa shape index (κ1) is 13.4. The average molecular weight is 269 g/mol. The van der Waals surface area contributed by atoms with Gasteiger partial charge in [0.25, 0.3) is 0 Å². The molecule has 2 aromatic rings. The molecule has 0 saturated carbocycles. The summed E-state index contributed by atoms with van der Waals surface area (Å²) in [7, 11) is 0. The Kier molecular flexibility index (Phi) is 3.88. The average Bonchev–Trinajstić information content (AvgIpc) is 2.91. The molecular weight excluding hydrogens is 246 g/mol. The Labute approximate surface area is 121 Å². The maximum absolute atomic E-state index is 4.54. The molecule has 1 heterocycles. The van der Waals surface area contributed by atoms with Crippen LogP contribution in [0.25, 0.3) is 0 Å². The molecule has 0 aliphatic heterocycles. The van der Waals surface area contributed by atoms with Gasteiger partial charge >= 0.3 is 0 Å². The highest BCUT2D eigenvalue weighted by Gasteiger charge is 2.26. The second-order valence-electron chi connectivity index (χ2n) is 5.61. The van der Waals surface area contributed by atoms with Crippen LogP contribution in [-0.2, 0) is 13.0 Å². The van der Waals surface area contributed by atoms with Crippen molar-refractivity contribution in [2.45, 2.75) is 45.2 Å². The second kappa shape index (κ2) is 5.80. The lowest BCUT2D eigenvalue weighted by Gasteiger charge is -2.29. The number of hydrogen-bond acceptors (Lipinski definition) is 2. The predicted octanol–water partition coefficient (Wildman–Crippen LogP) is 3.28. The standard InChI is InChI=1S/C17H23N3/c1-3-17(18-4-2)15-10-19-20(12-15)11-14-9-13-7-5-6-8-16(13)14/h5-8,10,12,14,17-18H,3-4,9,11H2,1-2H3. The van der Waals surface area contributed by atoms with E-state index in [1.807, 2.05) is 6.20 Å². The molecule has 0 radical (unpaired) electrons. The molecule has 0 amide bonds. The zero-order valence-corrected chi connectivity index (χ0v) is 12.3. The van der Waals surface area contributed by atoms with E-state index in [9.17, 15) is 0 Å². The molecule has 1 N–H and O–H groups in total. The van der Waals surface area contributed by atoms with Crippen LogP contribution in [-0.4, -0.2) is 16.3 Å². The highest BCUT2D eigenvalue weighted by molar-refractivity contribution is 5.39. The zero-order chi connectivity index (χ0) is 13.9. The van der Waals surface area contributed by atoms with Crippen molar-refractivity contribution in [3.63, 3.8) is 0 Å². The first-order chi connectivity index (χ1) is 9.81. The van der Waals surface area contributed by atoms with Crippen LogP contribution < -0.4 is 5.32 Å². The van der Waals surface area contributed by atoms with E-state index in [1.54, 1.807) is 0 Å². The Morgan fingerprint density at radius 2 is 2.20 bits per heavy atom. The van der Waals surface area contributed by atoms with Crippen molar-refractivity contribution in [2.24, 2.45) is 0 Å². The Bertz CT molecular complexity index is 573. The smallest absolute Gasteiger partial charge is 0.0537 e. The van der Waals surface area contributed by atoms with Gasteiger partial charge in [0.05, 0.1) is 6.20 Å². The van der Waals surface area contributed by atoms with E-state index in [2.05, 4.69) is 59.4 Å². The third-order valence-corrected chi connectivity index (χ3v) is 4.28. The van der Waals surface area contributed by atoms with Crippen LogP contribution in [0.1, 0.15) is 48.9 Å². The zero-order valence-electron chi connectivity index (χ0n) is 12.3. The van der Waals surface area contributed by atoms with E-state index < -0.39 is 0 Å². The van der Waals surface area contributed by atoms with Crippen LogP contribution in [0.15, 0.2) is 36.7 Å². The maximum atomic E-state index is 4.54. The minimum absolute atomic E-state index is 0.433. The summed E-state index contributed by atoms with van der Waals surface area (Å²) in [5.74, 6) is 0.637. The van der Waals surface area contributed by atoms with Gasteiger partial charge in [0.2, 0.25) is 0 Å². The molecule has 1 aromatic carbocycles. The summed E-state index contributed by atoms with van der Waals surface area (Å²) in [6.07, 6.45) is 6.51. The van der Waals surface area contributed by atoms with Crippen LogP contribution in [0.3, 0.4) is 0 Å². The van der Waals surface area contributed by atoms with Gasteiger partial charge in [-0.2, -0.15) is 5.10 Å². The summed E-state index contributed by atoms with van der Waals surface area (Å²) in [5.41, 5.74) is 4.31. The van der Waals surface area contributed by atoms with E-state index >= 15 is 0 Å². The van der Waals surface area contributed by atoms with Crippen LogP contribution in [0.4, 0.5) is 0 Å². The molecule has 1 aliphatic rings. The van der Waals surface area contributed by atoms with Crippen LogP contribution >= 0.6 is 0 Å². The fraction of sp³-hybridized carbons (Fsp3) is 0.471. The Morgan fingerprint density at radius 3 is 2.95 bits per heavy atom. The van der Waals surface area contributed by atoms with Crippen molar-refractivity contribution in [2.75, 3.05) is 6.54 Å². The van der Waals surface area contributed by atoms with Crippen LogP contribution in [0, 0.1) is 0 Å². The normalized spacial score (nSPS) is 18.4. The molecule has 2 atom stereocenters. The van der Waals surface area contributed by atoms with Gasteiger partial charge in [0.15, 0.2) is 0 Å². The molecule has 0 bridgehead atoms. The Morgan fingerprint density at radius 1 is 1.35 bits per heavy atom. The topological polar surface area (TPSA) is 29.9 Å². The maximum Gasteiger partial charge on any atom is 0.0537 e. The molecule has 0 spiro atoms. The fourth-order valence-corrected chi connectivity index (χ4v) is 3.16. The summed E-state index contributed by atoms with van der Waals surface area (Å²) < 4.78 is 2.11. The van der Waals surface area contributed by atoms with Gasteiger partial charge in [-0.25, -0.2) is 0 Å². The monoisotopic (exact) mass is 269 g/mol. The molecule has 3 heteroatoms. The lowest BCUT2D eigenvalue weighted by molar-refractivity contribution is 0.473. The lowest BCUT2D eigenvalue weighted by atomic mass is 9.78. The molecule has 3 rings (SSSR count). The molecule has 20 heavy (non-hydrogen) atoms. The van der Waals surface area contributed by atoms with E-state index in [1.165, 1.54) is 23.1 Å². The van der Waals surface area contributed by atoms with Crippen LogP contribution in [0.2, 0.25) is 0 Å². The van der Waals surface area contributed by atoms with Gasteiger partial charge < -0.3 is 5.32 Å². The van der Waals surface area contributed by atoms with Gasteiger partial charge in [-0.3, -0.25) is 4.68 Å². The van der Waals surface area contributed by atoms with E-state index in [0.717, 1.165) is 19.5 Å². The van der Waals surface area contributed by atoms with Gasteiger partial charge in [0.1, 0.15) is 0 Å². The molecular formula is C17H23N3. The number of benzene rings is 1. The molecule has 1 aromatic heterocycles. The van der Waals surface area contributed by atoms with Crippen molar-refractivity contribution in [1.82, 2.24) is 15.1 Å². The van der Waals surface area contributed by atoms with Crippen LogP contribution in [0.5, 0.6) is 0 Å². The summed E-state index contributed by atoms with van der Waals surface area (Å²) in [5, 5.41) is 8.04. The number of aromatic nitrogens is 2. The summed E-state index contributed by atoms with van der Waals surface area (Å²) >= 11 is 0. The largest absolute Gasteiger partial charge is 0.310 e. The Balaban J connectivity index is 1.67. The molecule has 0 saturated heterocycles. The Hall–Kier alpha value is -1.61. The number of rotatable bonds is 6. The quantitative estimate of drug-likeness (QED) is 0.872. The van der Waals surface area contributed by atoms with Crippen molar-refractivity contribution in [3.05, 3.63) is 53.3 Å². The molecule has 0 fully saturated rings. The van der Waals surface area contributed by atoms with Gasteiger partial charge in [-0.1, -0.05) is 38.1 Å². The summed E-state index contributed by atoms with van der Waals surface area (Å²) in [6, 6.07) is 9.18. The third kappa shape index (κ3) is 2.50. The first-order valence-corrected chi connectivity index (χ1v) is 7.65. The van der Waals surface area contributed by atoms with E-state index in [0.29, 0.717) is 12.0 Å². The number of nitrogens with zero attached hydrogens (tertiary/aromatic N) is 2. The molecule has 106 valence electrons. The number of nitrogens with one attached hydrogen (secondary N) is 1. The lowest BCUT2D eigenvalue weighted by Crippen LogP contribution is -2.22. The highest BCUT2D eigenvalue weighted by Crippen LogP contribution is 2.35. The van der Waals surface area contributed by atoms with Gasteiger partial charge in [-0.05, 0) is 30.5 Å². The summed E-state index contributed by atoms with van der Waals surface area (Å²) in [6.45, 7) is 6.37. The second-order valence-corrected chi connectivity index (χ2v) is 5.61. The minimum Gasteiger partial charge on any atom is -0.310 e. The van der Waals surface area contributed by atoms with Gasteiger partial charge in [0, 0.05) is 30.3 Å². The number of fused-ring (bicyclic) bond motifs is 1. The SMILES string of the molecule is CCNC(CC)c1cnn(CC2Cc3ccccc32)c1.